The number of carbonyl (C=O) groups is 1. The highest BCUT2D eigenvalue weighted by atomic mass is 16.5. The van der Waals surface area contributed by atoms with Gasteiger partial charge in [0.15, 0.2) is 6.29 Å². The molecule has 0 amide bonds. The van der Waals surface area contributed by atoms with E-state index >= 15 is 0 Å². The Kier molecular flexibility index (Phi) is 4.00. The maximum Gasteiger partial charge on any atom is 0.153 e. The van der Waals surface area contributed by atoms with Crippen LogP contribution in [0.4, 0.5) is 0 Å². The van der Waals surface area contributed by atoms with Gasteiger partial charge in [-0.2, -0.15) is 5.10 Å². The van der Waals surface area contributed by atoms with Crippen LogP contribution in [0.2, 0.25) is 0 Å². The second-order valence-electron chi connectivity index (χ2n) is 4.90. The molecule has 0 aliphatic heterocycles. The Bertz CT molecular complexity index is 573. The second-order valence-corrected chi connectivity index (χ2v) is 4.90. The van der Waals surface area contributed by atoms with E-state index in [0.717, 1.165) is 24.1 Å². The average Bonchev–Trinajstić information content (AvgIpc) is 2.81. The van der Waals surface area contributed by atoms with Crippen LogP contribution in [0.15, 0.2) is 30.5 Å². The number of nitrogens with zero attached hydrogens (tertiary/aromatic N) is 2. The lowest BCUT2D eigenvalue weighted by Crippen LogP contribution is -2.04. The molecule has 0 aliphatic rings. The summed E-state index contributed by atoms with van der Waals surface area (Å²) in [5.41, 5.74) is 2.20. The van der Waals surface area contributed by atoms with Gasteiger partial charge < -0.3 is 4.74 Å². The van der Waals surface area contributed by atoms with Gasteiger partial charge in [0, 0.05) is 18.3 Å². The van der Waals surface area contributed by atoms with Crippen LogP contribution >= 0.6 is 0 Å². The van der Waals surface area contributed by atoms with E-state index in [2.05, 4.69) is 18.9 Å². The maximum absolute atomic E-state index is 11.2. The van der Waals surface area contributed by atoms with E-state index in [9.17, 15) is 4.79 Å². The van der Waals surface area contributed by atoms with Crippen LogP contribution in [0, 0.1) is 5.92 Å². The Morgan fingerprint density at radius 2 is 2.21 bits per heavy atom. The smallest absolute Gasteiger partial charge is 0.153 e. The molecule has 1 heterocycles. The minimum atomic E-state index is 0.484. The molecule has 4 nitrogen and oxygen atoms in total. The van der Waals surface area contributed by atoms with E-state index in [1.54, 1.807) is 13.3 Å². The zero-order valence-electron chi connectivity index (χ0n) is 11.5. The average molecular weight is 258 g/mol. The first-order valence-electron chi connectivity index (χ1n) is 6.31. The molecular formula is C15H18N2O2. The second kappa shape index (κ2) is 5.69. The molecule has 1 aromatic heterocycles. The molecule has 0 saturated heterocycles. The van der Waals surface area contributed by atoms with Gasteiger partial charge in [0.05, 0.1) is 12.7 Å². The lowest BCUT2D eigenvalue weighted by molar-refractivity contribution is 0.112. The number of ether oxygens (including phenoxy) is 1. The summed E-state index contributed by atoms with van der Waals surface area (Å²) in [5, 5.41) is 4.50. The number of carbonyl (C=O) groups excluding carboxylic acids is 1. The van der Waals surface area contributed by atoms with Crippen molar-refractivity contribution in [1.82, 2.24) is 9.78 Å². The van der Waals surface area contributed by atoms with Gasteiger partial charge in [-0.1, -0.05) is 26.0 Å². The number of hydrogen-bond donors (Lipinski definition) is 0. The summed E-state index contributed by atoms with van der Waals surface area (Å²) in [6.45, 7) is 5.03. The predicted octanol–water partition coefficient (Wildman–Crippen LogP) is 3.03. The van der Waals surface area contributed by atoms with Crippen molar-refractivity contribution in [2.24, 2.45) is 5.92 Å². The first-order chi connectivity index (χ1) is 9.13. The van der Waals surface area contributed by atoms with Gasteiger partial charge in [-0.05, 0) is 18.1 Å². The molecule has 100 valence electrons. The molecule has 0 saturated carbocycles. The molecule has 4 heteroatoms. The largest absolute Gasteiger partial charge is 0.497 e. The SMILES string of the molecule is COc1cccc(-c2nn(CC(C)C)cc2C=O)c1. The first kappa shape index (κ1) is 13.3. The molecule has 19 heavy (non-hydrogen) atoms. The summed E-state index contributed by atoms with van der Waals surface area (Å²) in [5.74, 6) is 1.24. The number of methoxy groups -OCH3 is 1. The van der Waals surface area contributed by atoms with Crippen LogP contribution in [-0.4, -0.2) is 23.2 Å². The Morgan fingerprint density at radius 1 is 1.42 bits per heavy atom. The third-order valence-electron chi connectivity index (χ3n) is 2.81. The molecular weight excluding hydrogens is 240 g/mol. The minimum absolute atomic E-state index is 0.484. The molecule has 0 spiro atoms. The number of rotatable bonds is 5. The van der Waals surface area contributed by atoms with Crippen molar-refractivity contribution < 1.29 is 9.53 Å². The van der Waals surface area contributed by atoms with Gasteiger partial charge in [0.2, 0.25) is 0 Å². The zero-order valence-corrected chi connectivity index (χ0v) is 11.5. The van der Waals surface area contributed by atoms with Crippen molar-refractivity contribution in [1.29, 1.82) is 0 Å². The van der Waals surface area contributed by atoms with E-state index in [1.807, 2.05) is 28.9 Å². The van der Waals surface area contributed by atoms with Gasteiger partial charge in [-0.3, -0.25) is 9.48 Å². The monoisotopic (exact) mass is 258 g/mol. The lowest BCUT2D eigenvalue weighted by atomic mass is 10.1. The maximum atomic E-state index is 11.2. The molecule has 2 rings (SSSR count). The third kappa shape index (κ3) is 3.02. The Morgan fingerprint density at radius 3 is 2.84 bits per heavy atom. The highest BCUT2D eigenvalue weighted by molar-refractivity contribution is 5.85. The van der Waals surface area contributed by atoms with E-state index in [-0.39, 0.29) is 0 Å². The van der Waals surface area contributed by atoms with Gasteiger partial charge in [0.1, 0.15) is 11.4 Å². The quantitative estimate of drug-likeness (QED) is 0.774. The van der Waals surface area contributed by atoms with Crippen LogP contribution in [0.1, 0.15) is 24.2 Å². The Balaban J connectivity index is 2.42. The van der Waals surface area contributed by atoms with E-state index < -0.39 is 0 Å². The van der Waals surface area contributed by atoms with Crippen molar-refractivity contribution in [3.63, 3.8) is 0 Å². The van der Waals surface area contributed by atoms with Crippen molar-refractivity contribution in [3.05, 3.63) is 36.0 Å². The lowest BCUT2D eigenvalue weighted by Gasteiger charge is -2.04. The zero-order chi connectivity index (χ0) is 13.8. The fraction of sp³-hybridized carbons (Fsp3) is 0.333. The summed E-state index contributed by atoms with van der Waals surface area (Å²) in [6.07, 6.45) is 2.64. The molecule has 0 bridgehead atoms. The molecule has 1 aromatic carbocycles. The van der Waals surface area contributed by atoms with Crippen LogP contribution in [0.25, 0.3) is 11.3 Å². The number of hydrogen-bond acceptors (Lipinski definition) is 3. The fourth-order valence-electron chi connectivity index (χ4n) is 1.99. The standard InChI is InChI=1S/C15H18N2O2/c1-11(2)8-17-9-13(10-18)15(16-17)12-5-4-6-14(7-12)19-3/h4-7,9-11H,8H2,1-3H3. The topological polar surface area (TPSA) is 44.1 Å². The Hall–Kier alpha value is -2.10. The van der Waals surface area contributed by atoms with E-state index in [0.29, 0.717) is 17.2 Å². The van der Waals surface area contributed by atoms with Crippen LogP contribution in [-0.2, 0) is 6.54 Å². The van der Waals surface area contributed by atoms with Gasteiger partial charge in [-0.15, -0.1) is 0 Å². The molecule has 0 radical (unpaired) electrons. The summed E-state index contributed by atoms with van der Waals surface area (Å²) in [6, 6.07) is 7.58. The minimum Gasteiger partial charge on any atom is -0.497 e. The molecule has 0 unspecified atom stereocenters. The van der Waals surface area contributed by atoms with Gasteiger partial charge in [0.25, 0.3) is 0 Å². The summed E-state index contributed by atoms with van der Waals surface area (Å²) in [7, 11) is 1.62. The summed E-state index contributed by atoms with van der Waals surface area (Å²) >= 11 is 0. The van der Waals surface area contributed by atoms with Gasteiger partial charge >= 0.3 is 0 Å². The molecule has 0 aliphatic carbocycles. The van der Waals surface area contributed by atoms with Crippen molar-refractivity contribution >= 4 is 6.29 Å². The first-order valence-corrected chi connectivity index (χ1v) is 6.31. The van der Waals surface area contributed by atoms with Gasteiger partial charge in [-0.25, -0.2) is 0 Å². The van der Waals surface area contributed by atoms with Crippen LogP contribution in [0.5, 0.6) is 5.75 Å². The van der Waals surface area contributed by atoms with Crippen LogP contribution in [0.3, 0.4) is 0 Å². The summed E-state index contributed by atoms with van der Waals surface area (Å²) in [4.78, 5) is 11.2. The summed E-state index contributed by atoms with van der Waals surface area (Å²) < 4.78 is 7.02. The third-order valence-corrected chi connectivity index (χ3v) is 2.81. The molecule has 2 aromatic rings. The van der Waals surface area contributed by atoms with Crippen molar-refractivity contribution in [2.75, 3.05) is 7.11 Å². The number of aromatic nitrogens is 2. The van der Waals surface area contributed by atoms with E-state index in [4.69, 9.17) is 4.74 Å². The number of benzene rings is 1. The molecule has 0 fully saturated rings. The normalized spacial score (nSPS) is 10.7. The highest BCUT2D eigenvalue weighted by Gasteiger charge is 2.11. The highest BCUT2D eigenvalue weighted by Crippen LogP contribution is 2.25. The van der Waals surface area contributed by atoms with Crippen molar-refractivity contribution in [3.8, 4) is 17.0 Å². The molecule has 0 N–H and O–H groups in total. The number of aldehydes is 1. The van der Waals surface area contributed by atoms with Crippen LogP contribution < -0.4 is 4.74 Å². The van der Waals surface area contributed by atoms with E-state index in [1.165, 1.54) is 0 Å². The van der Waals surface area contributed by atoms with Crippen molar-refractivity contribution in [2.45, 2.75) is 20.4 Å². The molecule has 0 atom stereocenters. The predicted molar refractivity (Wildman–Crippen MR) is 74.4 cm³/mol. The Labute approximate surface area is 113 Å². The fourth-order valence-corrected chi connectivity index (χ4v) is 1.99.